The molecule has 1 aliphatic carbocycles. The molecular weight excluding hydrogens is 184 g/mol. The second-order valence-corrected chi connectivity index (χ2v) is 5.32. The summed E-state index contributed by atoms with van der Waals surface area (Å²) in [5.74, 6) is 0.957. The van der Waals surface area contributed by atoms with Gasteiger partial charge in [-0.2, -0.15) is 0 Å². The Morgan fingerprint density at radius 3 is 2.47 bits per heavy atom. The third-order valence-corrected chi connectivity index (χ3v) is 4.29. The van der Waals surface area contributed by atoms with Gasteiger partial charge in [-0.1, -0.05) is 19.3 Å². The molecule has 1 heterocycles. The molecule has 2 fully saturated rings. The van der Waals surface area contributed by atoms with Gasteiger partial charge in [0, 0.05) is 12.1 Å². The van der Waals surface area contributed by atoms with Gasteiger partial charge in [0.2, 0.25) is 0 Å². The van der Waals surface area contributed by atoms with Crippen molar-refractivity contribution in [3.8, 4) is 0 Å². The van der Waals surface area contributed by atoms with E-state index in [4.69, 9.17) is 0 Å². The van der Waals surface area contributed by atoms with Gasteiger partial charge in [0.1, 0.15) is 0 Å². The van der Waals surface area contributed by atoms with Gasteiger partial charge < -0.3 is 10.6 Å². The molecule has 2 N–H and O–H groups in total. The Morgan fingerprint density at radius 1 is 1.13 bits per heavy atom. The molecule has 2 rings (SSSR count). The largest absolute Gasteiger partial charge is 0.317 e. The zero-order valence-corrected chi connectivity index (χ0v) is 10.1. The van der Waals surface area contributed by atoms with Crippen LogP contribution in [-0.2, 0) is 0 Å². The van der Waals surface area contributed by atoms with Gasteiger partial charge >= 0.3 is 0 Å². The van der Waals surface area contributed by atoms with Crippen LogP contribution in [0.3, 0.4) is 0 Å². The number of hydrogen-bond acceptors (Lipinski definition) is 2. The highest BCUT2D eigenvalue weighted by molar-refractivity contribution is 4.85. The van der Waals surface area contributed by atoms with Crippen molar-refractivity contribution in [3.05, 3.63) is 0 Å². The normalized spacial score (nSPS) is 30.6. The molecule has 1 saturated heterocycles. The first-order valence-electron chi connectivity index (χ1n) is 6.81. The quantitative estimate of drug-likeness (QED) is 0.744. The fourth-order valence-corrected chi connectivity index (χ4v) is 3.34. The highest BCUT2D eigenvalue weighted by atomic mass is 14.9. The molecule has 1 saturated carbocycles. The Labute approximate surface area is 94.2 Å². The maximum atomic E-state index is 3.67. The van der Waals surface area contributed by atoms with Crippen LogP contribution in [0.15, 0.2) is 0 Å². The van der Waals surface area contributed by atoms with Crippen molar-refractivity contribution in [1.29, 1.82) is 0 Å². The minimum atomic E-state index is 0.767. The third-order valence-electron chi connectivity index (χ3n) is 4.29. The van der Waals surface area contributed by atoms with Gasteiger partial charge in [-0.3, -0.25) is 0 Å². The average Bonchev–Trinajstić information content (AvgIpc) is 2.81. The van der Waals surface area contributed by atoms with E-state index in [0.29, 0.717) is 0 Å². The van der Waals surface area contributed by atoms with Crippen LogP contribution in [0, 0.1) is 5.92 Å². The van der Waals surface area contributed by atoms with E-state index in [2.05, 4.69) is 17.7 Å². The lowest BCUT2D eigenvalue weighted by atomic mass is 9.89. The molecule has 0 bridgehead atoms. The Balaban J connectivity index is 1.78. The van der Waals surface area contributed by atoms with E-state index in [9.17, 15) is 0 Å². The predicted molar refractivity (Wildman–Crippen MR) is 65.1 cm³/mol. The summed E-state index contributed by atoms with van der Waals surface area (Å²) in [6.45, 7) is 1.24. The molecule has 0 aromatic carbocycles. The summed E-state index contributed by atoms with van der Waals surface area (Å²) in [6.07, 6.45) is 11.4. The van der Waals surface area contributed by atoms with E-state index in [-0.39, 0.29) is 0 Å². The molecule has 2 atom stereocenters. The van der Waals surface area contributed by atoms with E-state index in [1.807, 2.05) is 0 Å². The number of rotatable bonds is 4. The molecule has 0 aromatic heterocycles. The van der Waals surface area contributed by atoms with Crippen molar-refractivity contribution in [3.63, 3.8) is 0 Å². The molecule has 2 heteroatoms. The maximum Gasteiger partial charge on any atom is 0.0107 e. The number of nitrogens with one attached hydrogen (secondary N) is 2. The van der Waals surface area contributed by atoms with Crippen molar-refractivity contribution in [2.45, 2.75) is 63.5 Å². The third kappa shape index (κ3) is 3.18. The lowest BCUT2D eigenvalue weighted by molar-refractivity contribution is 0.288. The first-order chi connectivity index (χ1) is 7.40. The van der Waals surface area contributed by atoms with E-state index >= 15 is 0 Å². The molecular formula is C13H26N2. The lowest BCUT2D eigenvalue weighted by Crippen LogP contribution is -2.42. The lowest BCUT2D eigenvalue weighted by Gasteiger charge is -2.30. The van der Waals surface area contributed by atoms with Crippen LogP contribution < -0.4 is 10.6 Å². The van der Waals surface area contributed by atoms with E-state index in [1.165, 1.54) is 57.9 Å². The van der Waals surface area contributed by atoms with Gasteiger partial charge in [0.05, 0.1) is 0 Å². The van der Waals surface area contributed by atoms with Crippen molar-refractivity contribution in [2.24, 2.45) is 5.92 Å². The van der Waals surface area contributed by atoms with Gasteiger partial charge in [0.15, 0.2) is 0 Å². The number of hydrogen-bond donors (Lipinski definition) is 2. The predicted octanol–water partition coefficient (Wildman–Crippen LogP) is 2.30. The van der Waals surface area contributed by atoms with Crippen LogP contribution in [0.4, 0.5) is 0 Å². The molecule has 2 nitrogen and oxygen atoms in total. The van der Waals surface area contributed by atoms with E-state index < -0.39 is 0 Å². The summed E-state index contributed by atoms with van der Waals surface area (Å²) in [6, 6.07) is 1.56. The molecule has 88 valence electrons. The van der Waals surface area contributed by atoms with Crippen molar-refractivity contribution >= 4 is 0 Å². The molecule has 15 heavy (non-hydrogen) atoms. The van der Waals surface area contributed by atoms with Crippen molar-refractivity contribution in [1.82, 2.24) is 10.6 Å². The summed E-state index contributed by atoms with van der Waals surface area (Å²) in [5.41, 5.74) is 0. The Hall–Kier alpha value is -0.0800. The van der Waals surface area contributed by atoms with E-state index in [0.717, 1.165) is 18.0 Å². The Kier molecular flexibility index (Phi) is 4.45. The minimum Gasteiger partial charge on any atom is -0.317 e. The van der Waals surface area contributed by atoms with Gasteiger partial charge in [-0.25, -0.2) is 0 Å². The molecule has 0 radical (unpaired) electrons. The summed E-state index contributed by atoms with van der Waals surface area (Å²) in [5, 5.41) is 7.22. The van der Waals surface area contributed by atoms with Crippen LogP contribution in [0.1, 0.15) is 51.4 Å². The summed E-state index contributed by atoms with van der Waals surface area (Å²) in [4.78, 5) is 0. The van der Waals surface area contributed by atoms with Crippen molar-refractivity contribution in [2.75, 3.05) is 13.6 Å². The highest BCUT2D eigenvalue weighted by Gasteiger charge is 2.26. The summed E-state index contributed by atoms with van der Waals surface area (Å²) in [7, 11) is 2.14. The van der Waals surface area contributed by atoms with Crippen LogP contribution in [0.25, 0.3) is 0 Å². The molecule has 1 aliphatic heterocycles. The van der Waals surface area contributed by atoms with Crippen molar-refractivity contribution < 1.29 is 0 Å². The first kappa shape index (κ1) is 11.4. The van der Waals surface area contributed by atoms with Gasteiger partial charge in [-0.15, -0.1) is 0 Å². The van der Waals surface area contributed by atoms with Crippen LogP contribution in [0.5, 0.6) is 0 Å². The molecule has 0 aromatic rings. The monoisotopic (exact) mass is 210 g/mol. The maximum absolute atomic E-state index is 3.67. The van der Waals surface area contributed by atoms with Gasteiger partial charge in [-0.05, 0) is 51.6 Å². The fourth-order valence-electron chi connectivity index (χ4n) is 3.34. The minimum absolute atomic E-state index is 0.767. The van der Waals surface area contributed by atoms with Crippen LogP contribution in [-0.4, -0.2) is 25.7 Å². The smallest absolute Gasteiger partial charge is 0.0107 e. The second-order valence-electron chi connectivity index (χ2n) is 5.32. The topological polar surface area (TPSA) is 24.1 Å². The summed E-state index contributed by atoms with van der Waals surface area (Å²) < 4.78 is 0. The standard InChI is InChI=1S/C13H26N2/c1-14-13(11-6-2-3-7-11)10-12-8-4-5-9-15-12/h11-15H,2-10H2,1H3. The molecule has 0 spiro atoms. The first-order valence-corrected chi connectivity index (χ1v) is 6.81. The zero-order chi connectivity index (χ0) is 10.5. The Bertz CT molecular complexity index is 169. The molecule has 0 amide bonds. The molecule has 2 unspecified atom stereocenters. The van der Waals surface area contributed by atoms with Crippen LogP contribution in [0.2, 0.25) is 0 Å². The second kappa shape index (κ2) is 5.86. The zero-order valence-electron chi connectivity index (χ0n) is 10.1. The van der Waals surface area contributed by atoms with Crippen LogP contribution >= 0.6 is 0 Å². The molecule has 2 aliphatic rings. The average molecular weight is 210 g/mol. The van der Waals surface area contributed by atoms with E-state index in [1.54, 1.807) is 0 Å². The fraction of sp³-hybridized carbons (Fsp3) is 1.00. The summed E-state index contributed by atoms with van der Waals surface area (Å²) >= 11 is 0. The number of piperidine rings is 1. The highest BCUT2D eigenvalue weighted by Crippen LogP contribution is 2.30. The SMILES string of the molecule is CNC(CC1CCCCN1)C1CCCC1. The Morgan fingerprint density at radius 2 is 1.87 bits per heavy atom. The van der Waals surface area contributed by atoms with Gasteiger partial charge in [0.25, 0.3) is 0 Å².